The Morgan fingerprint density at radius 2 is 1.85 bits per heavy atom. The Kier molecular flexibility index (Phi) is 6.94. The van der Waals surface area contributed by atoms with Crippen LogP contribution in [-0.2, 0) is 24.6 Å². The summed E-state index contributed by atoms with van der Waals surface area (Å²) in [6, 6.07) is 11.3. The Hall–Kier alpha value is -2.99. The summed E-state index contributed by atoms with van der Waals surface area (Å²) in [5.41, 5.74) is 2.39. The molecule has 3 aromatic heterocycles. The first-order valence-corrected chi connectivity index (χ1v) is 12.0. The second-order valence-electron chi connectivity index (χ2n) is 7.59. The molecule has 0 aliphatic carbocycles. The highest BCUT2D eigenvalue weighted by Crippen LogP contribution is 2.25. The molecule has 9 nitrogen and oxygen atoms in total. The van der Waals surface area contributed by atoms with E-state index in [4.69, 9.17) is 9.72 Å². The molecular formula is C23H24IN5O4. The molecule has 172 valence electrons. The Morgan fingerprint density at radius 3 is 2.45 bits per heavy atom. The number of halogens is 1. The summed E-state index contributed by atoms with van der Waals surface area (Å²) >= 11 is 2.28. The van der Waals surface area contributed by atoms with Crippen LogP contribution in [0.3, 0.4) is 0 Å². The maximum atomic E-state index is 13.4. The van der Waals surface area contributed by atoms with Crippen LogP contribution in [0.25, 0.3) is 22.6 Å². The number of pyridine rings is 1. The highest BCUT2D eigenvalue weighted by atomic mass is 127. The Balaban J connectivity index is 1.97. The van der Waals surface area contributed by atoms with Gasteiger partial charge in [-0.3, -0.25) is 18.9 Å². The normalized spacial score (nSPS) is 11.3. The maximum absolute atomic E-state index is 13.4. The first kappa shape index (κ1) is 23.2. The second-order valence-corrected chi connectivity index (χ2v) is 8.35. The summed E-state index contributed by atoms with van der Waals surface area (Å²) in [6.07, 6.45) is 2.13. The van der Waals surface area contributed by atoms with Crippen molar-refractivity contribution in [3.05, 3.63) is 74.7 Å². The molecule has 0 fully saturated rings. The largest absolute Gasteiger partial charge is 0.497 e. The minimum atomic E-state index is -0.462. The molecule has 0 bridgehead atoms. The molecule has 0 aliphatic heterocycles. The molecule has 0 aliphatic rings. The Morgan fingerprint density at radius 1 is 1.09 bits per heavy atom. The number of hydrogen-bond acceptors (Lipinski definition) is 6. The van der Waals surface area contributed by atoms with Crippen molar-refractivity contribution in [2.24, 2.45) is 7.05 Å². The van der Waals surface area contributed by atoms with E-state index in [1.54, 1.807) is 18.7 Å². The zero-order chi connectivity index (χ0) is 23.5. The van der Waals surface area contributed by atoms with E-state index in [1.165, 1.54) is 4.57 Å². The number of alkyl halides is 1. The Bertz CT molecular complexity index is 1390. The zero-order valence-corrected chi connectivity index (χ0v) is 20.5. The summed E-state index contributed by atoms with van der Waals surface area (Å²) in [5.74, 6) is 1.26. The standard InChI is InChI=1S/C23H24IN5O4/c1-27-21-19(22(31)28(23(27)32)10-3-11-30)29(14-17-7-4-15(12-24)13-25-17)20(26-21)16-5-8-18(33-2)9-6-16/h4-9,13,30H,3,10-12,14H2,1-2H3. The van der Waals surface area contributed by atoms with Gasteiger partial charge in [0.1, 0.15) is 11.6 Å². The number of hydrogen-bond donors (Lipinski definition) is 1. The minimum absolute atomic E-state index is 0.114. The molecule has 33 heavy (non-hydrogen) atoms. The molecule has 1 N–H and O–H groups in total. The molecule has 0 saturated heterocycles. The molecular weight excluding hydrogens is 537 g/mol. The number of benzene rings is 1. The van der Waals surface area contributed by atoms with Gasteiger partial charge in [0.25, 0.3) is 5.56 Å². The van der Waals surface area contributed by atoms with E-state index in [9.17, 15) is 14.7 Å². The van der Waals surface area contributed by atoms with Gasteiger partial charge in [-0.1, -0.05) is 28.7 Å². The fraction of sp³-hybridized carbons (Fsp3) is 0.304. The number of aliphatic hydroxyl groups excluding tert-OH is 1. The van der Waals surface area contributed by atoms with Crippen molar-refractivity contribution in [1.82, 2.24) is 23.7 Å². The summed E-state index contributed by atoms with van der Waals surface area (Å²) < 4.78 is 10.5. The van der Waals surface area contributed by atoms with Gasteiger partial charge < -0.3 is 14.4 Å². The van der Waals surface area contributed by atoms with Crippen molar-refractivity contribution in [3.63, 3.8) is 0 Å². The molecule has 0 saturated carbocycles. The van der Waals surface area contributed by atoms with Crippen molar-refractivity contribution in [2.45, 2.75) is 23.9 Å². The number of ether oxygens (including phenoxy) is 1. The van der Waals surface area contributed by atoms with Gasteiger partial charge in [0.2, 0.25) is 0 Å². The quantitative estimate of drug-likeness (QED) is 0.262. The van der Waals surface area contributed by atoms with Crippen molar-refractivity contribution in [3.8, 4) is 17.1 Å². The van der Waals surface area contributed by atoms with Gasteiger partial charge in [0, 0.05) is 36.4 Å². The van der Waals surface area contributed by atoms with Crippen LogP contribution >= 0.6 is 22.6 Å². The van der Waals surface area contributed by atoms with Gasteiger partial charge in [0.15, 0.2) is 11.2 Å². The van der Waals surface area contributed by atoms with E-state index >= 15 is 0 Å². The lowest BCUT2D eigenvalue weighted by atomic mass is 10.2. The molecule has 0 unspecified atom stereocenters. The highest BCUT2D eigenvalue weighted by molar-refractivity contribution is 14.1. The molecule has 1 aromatic carbocycles. The molecule has 0 radical (unpaired) electrons. The lowest BCUT2D eigenvalue weighted by molar-refractivity contribution is 0.277. The van der Waals surface area contributed by atoms with Crippen LogP contribution in [0.4, 0.5) is 0 Å². The van der Waals surface area contributed by atoms with E-state index in [0.29, 0.717) is 35.7 Å². The third-order valence-corrected chi connectivity index (χ3v) is 6.36. The van der Waals surface area contributed by atoms with Crippen molar-refractivity contribution in [1.29, 1.82) is 0 Å². The van der Waals surface area contributed by atoms with E-state index < -0.39 is 11.2 Å². The van der Waals surface area contributed by atoms with Gasteiger partial charge in [-0.25, -0.2) is 9.78 Å². The Labute approximate surface area is 203 Å². The van der Waals surface area contributed by atoms with Crippen LogP contribution < -0.4 is 16.0 Å². The van der Waals surface area contributed by atoms with E-state index in [2.05, 4.69) is 27.6 Å². The summed E-state index contributed by atoms with van der Waals surface area (Å²) in [6.45, 7) is 0.327. The van der Waals surface area contributed by atoms with Crippen molar-refractivity contribution in [2.75, 3.05) is 13.7 Å². The van der Waals surface area contributed by atoms with Gasteiger partial charge in [-0.15, -0.1) is 0 Å². The SMILES string of the molecule is COc1ccc(-c2nc3c(c(=O)n(CCCO)c(=O)n3C)n2Cc2ccc(CI)cn2)cc1. The van der Waals surface area contributed by atoms with Gasteiger partial charge >= 0.3 is 5.69 Å². The van der Waals surface area contributed by atoms with Crippen LogP contribution in [0.1, 0.15) is 17.7 Å². The first-order valence-electron chi connectivity index (χ1n) is 10.4. The summed E-state index contributed by atoms with van der Waals surface area (Å²) in [7, 11) is 3.20. The van der Waals surface area contributed by atoms with E-state index in [-0.39, 0.29) is 13.2 Å². The average Bonchev–Trinajstić information content (AvgIpc) is 3.22. The third-order valence-electron chi connectivity index (χ3n) is 5.48. The number of imidazole rings is 1. The number of aliphatic hydroxyl groups is 1. The smallest absolute Gasteiger partial charge is 0.332 e. The predicted octanol–water partition coefficient (Wildman–Crippen LogP) is 2.33. The second kappa shape index (κ2) is 9.87. The predicted molar refractivity (Wildman–Crippen MR) is 134 cm³/mol. The monoisotopic (exact) mass is 561 g/mol. The third kappa shape index (κ3) is 4.44. The zero-order valence-electron chi connectivity index (χ0n) is 18.4. The number of rotatable bonds is 8. The molecule has 3 heterocycles. The van der Waals surface area contributed by atoms with Crippen LogP contribution in [0.15, 0.2) is 52.2 Å². The molecule has 4 rings (SSSR count). The lowest BCUT2D eigenvalue weighted by Crippen LogP contribution is -2.40. The number of methoxy groups -OCH3 is 1. The molecule has 4 aromatic rings. The first-order chi connectivity index (χ1) is 16.0. The number of fused-ring (bicyclic) bond motifs is 1. The van der Waals surface area contributed by atoms with Crippen LogP contribution in [0.2, 0.25) is 0 Å². The van der Waals surface area contributed by atoms with Crippen LogP contribution in [0.5, 0.6) is 5.75 Å². The van der Waals surface area contributed by atoms with Crippen molar-refractivity contribution < 1.29 is 9.84 Å². The number of aromatic nitrogens is 5. The molecule has 0 atom stereocenters. The number of nitrogens with zero attached hydrogens (tertiary/aromatic N) is 5. The molecule has 0 spiro atoms. The molecule has 10 heteroatoms. The van der Waals surface area contributed by atoms with Crippen LogP contribution in [0, 0.1) is 0 Å². The van der Waals surface area contributed by atoms with Crippen molar-refractivity contribution >= 4 is 33.8 Å². The maximum Gasteiger partial charge on any atom is 0.332 e. The fourth-order valence-electron chi connectivity index (χ4n) is 3.70. The number of aryl methyl sites for hydroxylation is 1. The molecule has 0 amide bonds. The van der Waals surface area contributed by atoms with Crippen LogP contribution in [-0.4, -0.2) is 42.5 Å². The van der Waals surface area contributed by atoms with Gasteiger partial charge in [0.05, 0.1) is 19.3 Å². The van der Waals surface area contributed by atoms with Gasteiger partial charge in [-0.2, -0.15) is 0 Å². The summed E-state index contributed by atoms with van der Waals surface area (Å²) in [4.78, 5) is 35.5. The topological polar surface area (TPSA) is 104 Å². The lowest BCUT2D eigenvalue weighted by Gasteiger charge is -2.11. The summed E-state index contributed by atoms with van der Waals surface area (Å²) in [5, 5.41) is 9.22. The highest BCUT2D eigenvalue weighted by Gasteiger charge is 2.21. The average molecular weight is 561 g/mol. The van der Waals surface area contributed by atoms with Gasteiger partial charge in [-0.05, 0) is 42.3 Å². The fourth-order valence-corrected chi connectivity index (χ4v) is 4.15. The minimum Gasteiger partial charge on any atom is -0.497 e. The van der Waals surface area contributed by atoms with E-state index in [0.717, 1.165) is 25.8 Å². The van der Waals surface area contributed by atoms with E-state index in [1.807, 2.05) is 42.6 Å².